The fourth-order valence-corrected chi connectivity index (χ4v) is 1.14. The SMILES string of the molecule is Cn1cnnc1[C@@H](F)C1CC1. The first kappa shape index (κ1) is 6.76. The van der Waals surface area contributed by atoms with Crippen molar-refractivity contribution in [2.75, 3.05) is 0 Å². The molecule has 1 aromatic heterocycles. The van der Waals surface area contributed by atoms with Crippen molar-refractivity contribution < 1.29 is 4.39 Å². The van der Waals surface area contributed by atoms with Gasteiger partial charge in [0, 0.05) is 7.05 Å². The van der Waals surface area contributed by atoms with E-state index in [0.29, 0.717) is 5.82 Å². The van der Waals surface area contributed by atoms with Gasteiger partial charge in [0.25, 0.3) is 0 Å². The van der Waals surface area contributed by atoms with E-state index in [1.807, 2.05) is 0 Å². The Kier molecular flexibility index (Phi) is 1.41. The zero-order valence-corrected chi connectivity index (χ0v) is 6.37. The molecule has 11 heavy (non-hydrogen) atoms. The van der Waals surface area contributed by atoms with Gasteiger partial charge in [0.2, 0.25) is 0 Å². The third kappa shape index (κ3) is 1.13. The van der Waals surface area contributed by atoms with Crippen LogP contribution < -0.4 is 0 Å². The molecular formula is C7H10FN3. The maximum absolute atomic E-state index is 13.3. The lowest BCUT2D eigenvalue weighted by Gasteiger charge is -2.03. The van der Waals surface area contributed by atoms with Gasteiger partial charge in [-0.1, -0.05) is 0 Å². The standard InChI is InChI=1S/C7H10FN3/c1-11-4-9-10-7(11)6(8)5-2-3-5/h4-6H,2-3H2,1H3/t6-/m0/s1. The zero-order chi connectivity index (χ0) is 7.84. The summed E-state index contributed by atoms with van der Waals surface area (Å²) in [4.78, 5) is 0. The Morgan fingerprint density at radius 2 is 2.45 bits per heavy atom. The minimum atomic E-state index is -0.900. The number of rotatable bonds is 2. The predicted molar refractivity (Wildman–Crippen MR) is 37.6 cm³/mol. The van der Waals surface area contributed by atoms with Gasteiger partial charge in [-0.25, -0.2) is 4.39 Å². The van der Waals surface area contributed by atoms with Crippen molar-refractivity contribution >= 4 is 0 Å². The maximum atomic E-state index is 13.3. The van der Waals surface area contributed by atoms with Crippen molar-refractivity contribution in [2.45, 2.75) is 19.0 Å². The number of aryl methyl sites for hydroxylation is 1. The minimum absolute atomic E-state index is 0.206. The molecule has 1 fully saturated rings. The lowest BCUT2D eigenvalue weighted by Crippen LogP contribution is -2.02. The molecule has 3 nitrogen and oxygen atoms in total. The van der Waals surface area contributed by atoms with Gasteiger partial charge in [0.05, 0.1) is 0 Å². The highest BCUT2D eigenvalue weighted by atomic mass is 19.1. The normalized spacial score (nSPS) is 20.2. The van der Waals surface area contributed by atoms with Crippen LogP contribution in [0.5, 0.6) is 0 Å². The molecule has 0 aromatic carbocycles. The number of nitrogens with zero attached hydrogens (tertiary/aromatic N) is 3. The Labute approximate surface area is 64.2 Å². The van der Waals surface area contributed by atoms with Crippen molar-refractivity contribution in [1.82, 2.24) is 14.8 Å². The highest BCUT2D eigenvalue weighted by Crippen LogP contribution is 2.42. The van der Waals surface area contributed by atoms with Crippen LogP contribution in [-0.4, -0.2) is 14.8 Å². The van der Waals surface area contributed by atoms with E-state index in [2.05, 4.69) is 10.2 Å². The molecule has 1 heterocycles. The Morgan fingerprint density at radius 3 is 2.91 bits per heavy atom. The zero-order valence-electron chi connectivity index (χ0n) is 6.37. The molecule has 0 radical (unpaired) electrons. The molecule has 0 aliphatic heterocycles. The summed E-state index contributed by atoms with van der Waals surface area (Å²) in [7, 11) is 1.77. The van der Waals surface area contributed by atoms with Crippen molar-refractivity contribution in [1.29, 1.82) is 0 Å². The molecule has 1 atom stereocenters. The summed E-state index contributed by atoms with van der Waals surface area (Å²) >= 11 is 0. The van der Waals surface area contributed by atoms with Crippen LogP contribution in [0.25, 0.3) is 0 Å². The highest BCUT2D eigenvalue weighted by molar-refractivity contribution is 4.97. The van der Waals surface area contributed by atoms with Crippen LogP contribution in [0.3, 0.4) is 0 Å². The van der Waals surface area contributed by atoms with Crippen LogP contribution in [0.1, 0.15) is 24.8 Å². The summed E-state index contributed by atoms with van der Waals surface area (Å²) in [5.74, 6) is 0.672. The van der Waals surface area contributed by atoms with Crippen LogP contribution >= 0.6 is 0 Å². The van der Waals surface area contributed by atoms with Crippen molar-refractivity contribution in [3.8, 4) is 0 Å². The molecule has 0 amide bonds. The lowest BCUT2D eigenvalue weighted by atomic mass is 10.2. The van der Waals surface area contributed by atoms with E-state index in [4.69, 9.17) is 0 Å². The third-order valence-electron chi connectivity index (χ3n) is 2.03. The number of alkyl halides is 1. The number of aromatic nitrogens is 3. The second-order valence-corrected chi connectivity index (χ2v) is 3.04. The van der Waals surface area contributed by atoms with Crippen LogP contribution in [0.4, 0.5) is 4.39 Å². The van der Waals surface area contributed by atoms with Gasteiger partial charge in [-0.05, 0) is 18.8 Å². The van der Waals surface area contributed by atoms with Gasteiger partial charge in [0.15, 0.2) is 12.0 Å². The monoisotopic (exact) mass is 155 g/mol. The molecule has 0 N–H and O–H groups in total. The molecule has 0 saturated heterocycles. The summed E-state index contributed by atoms with van der Waals surface area (Å²) in [6.07, 6.45) is 2.62. The van der Waals surface area contributed by atoms with Gasteiger partial charge in [-0.15, -0.1) is 10.2 Å². The van der Waals surface area contributed by atoms with Gasteiger partial charge in [-0.2, -0.15) is 0 Å². The first-order valence-corrected chi connectivity index (χ1v) is 3.77. The minimum Gasteiger partial charge on any atom is -0.318 e. The van der Waals surface area contributed by atoms with E-state index in [1.165, 1.54) is 6.33 Å². The molecule has 60 valence electrons. The van der Waals surface area contributed by atoms with E-state index in [1.54, 1.807) is 11.6 Å². The van der Waals surface area contributed by atoms with Crippen molar-refractivity contribution in [2.24, 2.45) is 13.0 Å². The van der Waals surface area contributed by atoms with Crippen LogP contribution in [0.2, 0.25) is 0 Å². The molecule has 2 rings (SSSR count). The van der Waals surface area contributed by atoms with Crippen LogP contribution in [0.15, 0.2) is 6.33 Å². The van der Waals surface area contributed by atoms with E-state index < -0.39 is 6.17 Å². The van der Waals surface area contributed by atoms with E-state index >= 15 is 0 Å². The quantitative estimate of drug-likeness (QED) is 0.643. The molecular weight excluding hydrogens is 145 g/mol. The summed E-state index contributed by atoms with van der Waals surface area (Å²) in [5, 5.41) is 7.34. The summed E-state index contributed by atoms with van der Waals surface area (Å²) in [6.45, 7) is 0. The maximum Gasteiger partial charge on any atom is 0.167 e. The first-order valence-electron chi connectivity index (χ1n) is 3.77. The first-order chi connectivity index (χ1) is 5.29. The largest absolute Gasteiger partial charge is 0.318 e. The molecule has 1 saturated carbocycles. The molecule has 1 aliphatic rings. The Bertz CT molecular complexity index is 254. The van der Waals surface area contributed by atoms with Gasteiger partial charge in [0.1, 0.15) is 6.33 Å². The molecule has 0 bridgehead atoms. The van der Waals surface area contributed by atoms with Crippen molar-refractivity contribution in [3.05, 3.63) is 12.2 Å². The second kappa shape index (κ2) is 2.29. The summed E-state index contributed by atoms with van der Waals surface area (Å²) < 4.78 is 14.9. The molecule has 1 aromatic rings. The van der Waals surface area contributed by atoms with Gasteiger partial charge in [-0.3, -0.25) is 0 Å². The number of hydrogen-bond acceptors (Lipinski definition) is 2. The molecule has 0 spiro atoms. The van der Waals surface area contributed by atoms with Gasteiger partial charge < -0.3 is 4.57 Å². The smallest absolute Gasteiger partial charge is 0.167 e. The second-order valence-electron chi connectivity index (χ2n) is 3.04. The topological polar surface area (TPSA) is 30.7 Å². The number of halogens is 1. The van der Waals surface area contributed by atoms with E-state index in [9.17, 15) is 4.39 Å². The fraction of sp³-hybridized carbons (Fsp3) is 0.714. The molecule has 0 unspecified atom stereocenters. The third-order valence-corrected chi connectivity index (χ3v) is 2.03. The van der Waals surface area contributed by atoms with Crippen LogP contribution in [-0.2, 0) is 7.05 Å². The Morgan fingerprint density at radius 1 is 1.73 bits per heavy atom. The Hall–Kier alpha value is -0.930. The summed E-state index contributed by atoms with van der Waals surface area (Å²) in [5.41, 5.74) is 0. The van der Waals surface area contributed by atoms with Crippen LogP contribution in [0, 0.1) is 5.92 Å². The predicted octanol–water partition coefficient (Wildman–Crippen LogP) is 1.24. The molecule has 4 heteroatoms. The highest BCUT2D eigenvalue weighted by Gasteiger charge is 2.34. The average molecular weight is 155 g/mol. The number of hydrogen-bond donors (Lipinski definition) is 0. The molecule has 1 aliphatic carbocycles. The van der Waals surface area contributed by atoms with E-state index in [-0.39, 0.29) is 5.92 Å². The van der Waals surface area contributed by atoms with E-state index in [0.717, 1.165) is 12.8 Å². The Balaban J connectivity index is 2.20. The average Bonchev–Trinajstić information content (AvgIpc) is 2.74. The fourth-order valence-electron chi connectivity index (χ4n) is 1.14. The van der Waals surface area contributed by atoms with Gasteiger partial charge >= 0.3 is 0 Å². The lowest BCUT2D eigenvalue weighted by molar-refractivity contribution is 0.284. The van der Waals surface area contributed by atoms with Crippen molar-refractivity contribution in [3.63, 3.8) is 0 Å². The summed E-state index contributed by atoms with van der Waals surface area (Å²) in [6, 6.07) is 0.